The maximum absolute atomic E-state index is 12.8. The summed E-state index contributed by atoms with van der Waals surface area (Å²) in [6.07, 6.45) is -1.68. The summed E-state index contributed by atoms with van der Waals surface area (Å²) in [6, 6.07) is 11.4. The van der Waals surface area contributed by atoms with Crippen LogP contribution in [0, 0.1) is 6.92 Å². The Hall–Kier alpha value is -3.13. The van der Waals surface area contributed by atoms with Gasteiger partial charge in [-0.25, -0.2) is 4.79 Å². The average molecular weight is 457 g/mol. The van der Waals surface area contributed by atoms with Crippen molar-refractivity contribution in [1.82, 2.24) is 4.57 Å². The number of hydrogen-bond acceptors (Lipinski definition) is 6. The summed E-state index contributed by atoms with van der Waals surface area (Å²) >= 11 is 3.35. The Labute approximate surface area is 174 Å². The van der Waals surface area contributed by atoms with E-state index >= 15 is 0 Å². The van der Waals surface area contributed by atoms with Crippen LogP contribution in [0.3, 0.4) is 0 Å². The van der Waals surface area contributed by atoms with Crippen molar-refractivity contribution < 1.29 is 23.9 Å². The third kappa shape index (κ3) is 2.91. The predicted octanol–water partition coefficient (Wildman–Crippen LogP) is 3.03. The van der Waals surface area contributed by atoms with Gasteiger partial charge in [0.2, 0.25) is 5.78 Å². The molecule has 29 heavy (non-hydrogen) atoms. The number of benzene rings is 2. The molecule has 0 radical (unpaired) electrons. The van der Waals surface area contributed by atoms with Crippen LogP contribution in [-0.2, 0) is 20.9 Å². The van der Waals surface area contributed by atoms with E-state index in [0.29, 0.717) is 27.6 Å². The molecule has 2 N–H and O–H groups in total. The third-order valence-electron chi connectivity index (χ3n) is 5.10. The number of anilines is 1. The Balaban J connectivity index is 1.98. The quantitative estimate of drug-likeness (QED) is 0.369. The number of methoxy groups -OCH3 is 1. The number of nitrogens with zero attached hydrogens (tertiary/aromatic N) is 1. The van der Waals surface area contributed by atoms with Gasteiger partial charge in [0.25, 0.3) is 11.9 Å². The van der Waals surface area contributed by atoms with Crippen LogP contribution in [0.5, 0.6) is 5.75 Å². The summed E-state index contributed by atoms with van der Waals surface area (Å²) in [5, 5.41) is 0.533. The molecule has 1 aromatic heterocycles. The van der Waals surface area contributed by atoms with Crippen LogP contribution in [0.1, 0.15) is 21.6 Å². The number of carbonyl (C=O) groups is 3. The van der Waals surface area contributed by atoms with E-state index in [4.69, 9.17) is 10.5 Å². The molecular formula is C21H17BrN2O5. The molecule has 4 rings (SSSR count). The van der Waals surface area contributed by atoms with E-state index in [0.717, 1.165) is 18.4 Å². The van der Waals surface area contributed by atoms with Gasteiger partial charge in [-0.2, -0.15) is 0 Å². The summed E-state index contributed by atoms with van der Waals surface area (Å²) in [6.45, 7) is 2.38. The van der Waals surface area contributed by atoms with Crippen molar-refractivity contribution in [3.63, 3.8) is 0 Å². The number of fused-ring (bicyclic) bond motifs is 4. The Morgan fingerprint density at radius 2 is 1.97 bits per heavy atom. The molecule has 8 heteroatoms. The number of esters is 1. The monoisotopic (exact) mass is 456 g/mol. The number of nitrogens with two attached hydrogens (primary N) is 1. The van der Waals surface area contributed by atoms with Crippen molar-refractivity contribution in [1.29, 1.82) is 0 Å². The molecule has 2 bridgehead atoms. The van der Waals surface area contributed by atoms with Gasteiger partial charge in [-0.3, -0.25) is 9.59 Å². The molecule has 1 unspecified atom stereocenters. The van der Waals surface area contributed by atoms with Gasteiger partial charge in [0.15, 0.2) is 0 Å². The molecule has 2 aromatic carbocycles. The van der Waals surface area contributed by atoms with Gasteiger partial charge >= 0.3 is 5.97 Å². The lowest BCUT2D eigenvalue weighted by atomic mass is 10.0. The molecule has 2 heterocycles. The van der Waals surface area contributed by atoms with E-state index in [1.165, 1.54) is 0 Å². The lowest BCUT2D eigenvalue weighted by Crippen LogP contribution is -2.39. The number of rotatable bonds is 3. The van der Waals surface area contributed by atoms with Crippen molar-refractivity contribution in [2.24, 2.45) is 0 Å². The Kier molecular flexibility index (Phi) is 4.66. The third-order valence-corrected chi connectivity index (χ3v) is 5.88. The van der Waals surface area contributed by atoms with E-state index in [2.05, 4.69) is 20.7 Å². The molecule has 1 aliphatic rings. The topological polar surface area (TPSA) is 101 Å². The summed E-state index contributed by atoms with van der Waals surface area (Å²) in [5.41, 5.74) is 9.42. The Bertz CT molecular complexity index is 1180. The number of Topliss-reactive ketones (excluding diaryl/α,β-unsaturated/α-hetero) is 2. The molecule has 0 saturated heterocycles. The zero-order valence-electron chi connectivity index (χ0n) is 15.7. The van der Waals surface area contributed by atoms with Crippen molar-refractivity contribution in [3.05, 3.63) is 57.7 Å². The van der Waals surface area contributed by atoms with Gasteiger partial charge in [-0.05, 0) is 34.5 Å². The van der Waals surface area contributed by atoms with Crippen LogP contribution < -0.4 is 10.5 Å². The zero-order chi connectivity index (χ0) is 20.9. The highest BCUT2D eigenvalue weighted by Gasteiger charge is 2.41. The number of ether oxygens (including phenoxy) is 2. The molecule has 0 amide bonds. The fourth-order valence-corrected chi connectivity index (χ4v) is 4.12. The van der Waals surface area contributed by atoms with E-state index in [-0.39, 0.29) is 11.3 Å². The first kappa shape index (κ1) is 19.2. The van der Waals surface area contributed by atoms with Crippen molar-refractivity contribution in [3.8, 4) is 5.75 Å². The molecule has 0 aliphatic carbocycles. The minimum atomic E-state index is -1.68. The van der Waals surface area contributed by atoms with Gasteiger partial charge in [0, 0.05) is 17.8 Å². The highest BCUT2D eigenvalue weighted by Crippen LogP contribution is 2.44. The predicted molar refractivity (Wildman–Crippen MR) is 110 cm³/mol. The van der Waals surface area contributed by atoms with E-state index in [9.17, 15) is 14.4 Å². The molecule has 0 saturated carbocycles. The number of ketones is 2. The number of aromatic nitrogens is 1. The van der Waals surface area contributed by atoms with E-state index < -0.39 is 23.6 Å². The van der Waals surface area contributed by atoms with Crippen molar-refractivity contribution in [2.75, 3.05) is 12.8 Å². The molecule has 0 spiro atoms. The maximum atomic E-state index is 12.8. The normalized spacial score (nSPS) is 15.9. The fourth-order valence-electron chi connectivity index (χ4n) is 3.53. The van der Waals surface area contributed by atoms with Crippen LogP contribution in [0.15, 0.2) is 40.9 Å². The molecule has 1 aliphatic heterocycles. The highest BCUT2D eigenvalue weighted by atomic mass is 79.9. The molecule has 0 fully saturated rings. The average Bonchev–Trinajstić information content (AvgIpc) is 2.94. The lowest BCUT2D eigenvalue weighted by Gasteiger charge is -2.14. The molecule has 1 atom stereocenters. The summed E-state index contributed by atoms with van der Waals surface area (Å²) < 4.78 is 12.6. The van der Waals surface area contributed by atoms with Crippen LogP contribution in [0.4, 0.5) is 5.69 Å². The SMILES string of the molecule is COC(=O)C1Oc2c(Br)c(cc3c2c(N)c(C)n3Cc2ccccc2)C(=O)C1=O. The van der Waals surface area contributed by atoms with Gasteiger partial charge in [0.1, 0.15) is 5.75 Å². The first-order valence-corrected chi connectivity index (χ1v) is 9.62. The molecule has 148 valence electrons. The fraction of sp³-hybridized carbons (Fsp3) is 0.190. The van der Waals surface area contributed by atoms with Gasteiger partial charge in [-0.15, -0.1) is 0 Å². The second-order valence-electron chi connectivity index (χ2n) is 6.75. The van der Waals surface area contributed by atoms with Crippen LogP contribution in [-0.4, -0.2) is 35.3 Å². The van der Waals surface area contributed by atoms with Crippen LogP contribution in [0.2, 0.25) is 0 Å². The van der Waals surface area contributed by atoms with Crippen molar-refractivity contribution in [2.45, 2.75) is 19.6 Å². The summed E-state index contributed by atoms with van der Waals surface area (Å²) in [4.78, 5) is 37.4. The first-order chi connectivity index (χ1) is 13.8. The number of carbonyl (C=O) groups excluding carboxylic acids is 3. The van der Waals surface area contributed by atoms with Crippen LogP contribution >= 0.6 is 15.9 Å². The lowest BCUT2D eigenvalue weighted by molar-refractivity contribution is -0.152. The largest absolute Gasteiger partial charge is 0.468 e. The standard InChI is InChI=1S/C21H17BrN2O5/c1-10-16(23)14-13(24(10)9-11-6-4-3-5-7-11)8-12-15(22)19(14)29-20(21(27)28-2)18(26)17(12)25/h3-8,20H,9,23H2,1-2H3. The molecule has 3 aromatic rings. The number of hydrogen-bond donors (Lipinski definition) is 1. The molecular weight excluding hydrogens is 440 g/mol. The van der Waals surface area contributed by atoms with Crippen LogP contribution in [0.25, 0.3) is 10.9 Å². The second-order valence-corrected chi connectivity index (χ2v) is 7.54. The smallest absolute Gasteiger partial charge is 0.355 e. The maximum Gasteiger partial charge on any atom is 0.355 e. The second kappa shape index (κ2) is 7.04. The minimum absolute atomic E-state index is 0.121. The number of nitrogen functional groups attached to an aromatic ring is 1. The molecule has 7 nitrogen and oxygen atoms in total. The van der Waals surface area contributed by atoms with Crippen molar-refractivity contribution >= 4 is 50.1 Å². The van der Waals surface area contributed by atoms with Gasteiger partial charge in [-0.1, -0.05) is 30.3 Å². The van der Waals surface area contributed by atoms with E-state index in [1.54, 1.807) is 6.07 Å². The highest BCUT2D eigenvalue weighted by molar-refractivity contribution is 9.10. The Morgan fingerprint density at radius 3 is 2.62 bits per heavy atom. The Morgan fingerprint density at radius 1 is 1.28 bits per heavy atom. The first-order valence-electron chi connectivity index (χ1n) is 8.82. The zero-order valence-corrected chi connectivity index (χ0v) is 17.3. The summed E-state index contributed by atoms with van der Waals surface area (Å²) in [5.74, 6) is -2.56. The number of halogens is 1. The minimum Gasteiger partial charge on any atom is -0.468 e. The van der Waals surface area contributed by atoms with Gasteiger partial charge in [0.05, 0.1) is 28.2 Å². The summed E-state index contributed by atoms with van der Waals surface area (Å²) in [7, 11) is 1.13. The van der Waals surface area contributed by atoms with Gasteiger partial charge < -0.3 is 19.8 Å². The van der Waals surface area contributed by atoms with E-state index in [1.807, 2.05) is 41.8 Å².